The van der Waals surface area contributed by atoms with Crippen LogP contribution in [0, 0.1) is 5.41 Å². The Balaban J connectivity index is 2.84. The molecule has 0 aromatic heterocycles. The number of methoxy groups -OCH3 is 1. The second kappa shape index (κ2) is 4.54. The molecular formula is C11H15NOS. The maximum atomic E-state index is 5.31. The van der Waals surface area contributed by atoms with Crippen molar-refractivity contribution >= 4 is 17.4 Å². The number of nitrogens with zero attached hydrogens (tertiary/aromatic N) is 1. The lowest BCUT2D eigenvalue weighted by molar-refractivity contribution is 0.283. The number of rotatable bonds is 3. The van der Waals surface area contributed by atoms with Crippen molar-refractivity contribution in [2.45, 2.75) is 20.3 Å². The summed E-state index contributed by atoms with van der Waals surface area (Å²) in [6.07, 6.45) is 5.32. The molecule has 0 amide bonds. The predicted octanol–water partition coefficient (Wildman–Crippen LogP) is 2.98. The third-order valence-corrected chi connectivity index (χ3v) is 2.38. The van der Waals surface area contributed by atoms with Gasteiger partial charge in [-0.3, -0.25) is 0 Å². The van der Waals surface area contributed by atoms with Crippen molar-refractivity contribution in [3.8, 4) is 0 Å². The number of allylic oxidation sites excluding steroid dienone is 2. The maximum Gasteiger partial charge on any atom is 0.120 e. The molecule has 0 aliphatic heterocycles. The molecule has 0 aromatic rings. The van der Waals surface area contributed by atoms with E-state index in [1.807, 2.05) is 0 Å². The third-order valence-electron chi connectivity index (χ3n) is 2.25. The minimum absolute atomic E-state index is 0.177. The first-order valence-corrected chi connectivity index (χ1v) is 5.00. The lowest BCUT2D eigenvalue weighted by atomic mass is 9.83. The number of thiocarbonyl (C=S) groups is 1. The van der Waals surface area contributed by atoms with Gasteiger partial charge in [-0.05, 0) is 30.1 Å². The number of hydrogen-bond acceptors (Lipinski definition) is 3. The molecule has 0 aromatic carbocycles. The average Bonchev–Trinajstić information content (AvgIpc) is 2.15. The quantitative estimate of drug-likeness (QED) is 0.526. The van der Waals surface area contributed by atoms with Crippen molar-refractivity contribution in [1.82, 2.24) is 0 Å². The van der Waals surface area contributed by atoms with Crippen LogP contribution < -0.4 is 0 Å². The highest BCUT2D eigenvalue weighted by molar-refractivity contribution is 7.78. The van der Waals surface area contributed by atoms with E-state index in [1.54, 1.807) is 7.11 Å². The minimum Gasteiger partial charge on any atom is -0.497 e. The molecule has 1 rings (SSSR count). The molecule has 0 saturated carbocycles. The van der Waals surface area contributed by atoms with Crippen molar-refractivity contribution in [1.29, 1.82) is 0 Å². The second-order valence-electron chi connectivity index (χ2n) is 4.04. The Bertz CT molecular complexity index is 322. The molecule has 0 atom stereocenters. The lowest BCUT2D eigenvalue weighted by Crippen LogP contribution is -2.14. The van der Waals surface area contributed by atoms with Gasteiger partial charge >= 0.3 is 0 Å². The molecule has 0 bridgehead atoms. The van der Waals surface area contributed by atoms with Crippen LogP contribution in [0.15, 0.2) is 28.5 Å². The smallest absolute Gasteiger partial charge is 0.120 e. The molecule has 0 saturated heterocycles. The zero-order valence-corrected chi connectivity index (χ0v) is 9.65. The Morgan fingerprint density at radius 3 is 2.93 bits per heavy atom. The Morgan fingerprint density at radius 2 is 2.36 bits per heavy atom. The van der Waals surface area contributed by atoms with Crippen molar-refractivity contribution < 1.29 is 4.74 Å². The topological polar surface area (TPSA) is 21.6 Å². The first kappa shape index (κ1) is 11.2. The fourth-order valence-corrected chi connectivity index (χ4v) is 1.51. The van der Waals surface area contributed by atoms with Crippen LogP contribution in [0.4, 0.5) is 0 Å². The van der Waals surface area contributed by atoms with Gasteiger partial charge in [0.25, 0.3) is 0 Å². The summed E-state index contributed by atoms with van der Waals surface area (Å²) < 4.78 is 5.31. The first-order valence-electron chi connectivity index (χ1n) is 4.59. The zero-order chi connectivity index (χ0) is 10.6. The van der Waals surface area contributed by atoms with E-state index >= 15 is 0 Å². The van der Waals surface area contributed by atoms with E-state index < -0.39 is 0 Å². The van der Waals surface area contributed by atoms with Crippen LogP contribution >= 0.6 is 12.2 Å². The lowest BCUT2D eigenvalue weighted by Gasteiger charge is -2.25. The summed E-state index contributed by atoms with van der Waals surface area (Å²) in [5.41, 5.74) is 1.28. The van der Waals surface area contributed by atoms with E-state index in [4.69, 9.17) is 4.74 Å². The van der Waals surface area contributed by atoms with Crippen LogP contribution in [-0.2, 0) is 4.74 Å². The van der Waals surface area contributed by atoms with Crippen LogP contribution in [-0.4, -0.2) is 18.8 Å². The molecule has 1 aliphatic rings. The van der Waals surface area contributed by atoms with E-state index in [1.165, 1.54) is 0 Å². The molecule has 1 aliphatic carbocycles. The molecule has 2 nitrogen and oxygen atoms in total. The van der Waals surface area contributed by atoms with Crippen molar-refractivity contribution in [2.24, 2.45) is 10.4 Å². The van der Waals surface area contributed by atoms with Gasteiger partial charge < -0.3 is 4.74 Å². The number of ether oxygens (including phenoxy) is 1. The number of isothiocyanates is 1. The van der Waals surface area contributed by atoms with Gasteiger partial charge in [-0.1, -0.05) is 19.9 Å². The standard InChI is InChI=1S/C11H15NOS/c1-11(2)5-4-9(7-12-8-14)10(6-11)13-3/h4,6H,5,7H2,1-3H3. The Morgan fingerprint density at radius 1 is 1.64 bits per heavy atom. The summed E-state index contributed by atoms with van der Waals surface area (Å²) in [5.74, 6) is 0.912. The third kappa shape index (κ3) is 2.79. The minimum atomic E-state index is 0.177. The van der Waals surface area contributed by atoms with E-state index in [-0.39, 0.29) is 5.41 Å². The molecule has 14 heavy (non-hydrogen) atoms. The highest BCUT2D eigenvalue weighted by Crippen LogP contribution is 2.32. The van der Waals surface area contributed by atoms with E-state index in [2.05, 4.69) is 48.4 Å². The molecular weight excluding hydrogens is 194 g/mol. The van der Waals surface area contributed by atoms with Crippen molar-refractivity contribution in [3.63, 3.8) is 0 Å². The largest absolute Gasteiger partial charge is 0.497 e. The van der Waals surface area contributed by atoms with Gasteiger partial charge in [-0.2, -0.15) is 0 Å². The van der Waals surface area contributed by atoms with Crippen molar-refractivity contribution in [3.05, 3.63) is 23.5 Å². The van der Waals surface area contributed by atoms with Crippen LogP contribution in [0.3, 0.4) is 0 Å². The van der Waals surface area contributed by atoms with Gasteiger partial charge in [0.05, 0.1) is 18.8 Å². The maximum absolute atomic E-state index is 5.31. The van der Waals surface area contributed by atoms with Gasteiger partial charge in [-0.25, -0.2) is 4.99 Å². The van der Waals surface area contributed by atoms with Gasteiger partial charge in [0, 0.05) is 5.57 Å². The molecule has 3 heteroatoms. The molecule has 0 radical (unpaired) electrons. The van der Waals surface area contributed by atoms with Gasteiger partial charge in [0.2, 0.25) is 0 Å². The Hall–Kier alpha value is -0.920. The van der Waals surface area contributed by atoms with Crippen LogP contribution in [0.5, 0.6) is 0 Å². The summed E-state index contributed by atoms with van der Waals surface area (Å²) in [5, 5.41) is 2.37. The SMILES string of the molecule is COC1=CC(C)(C)CC=C1CN=C=S. The predicted molar refractivity (Wildman–Crippen MR) is 61.5 cm³/mol. The summed E-state index contributed by atoms with van der Waals surface area (Å²) in [4.78, 5) is 3.92. The van der Waals surface area contributed by atoms with Gasteiger partial charge in [0.15, 0.2) is 0 Å². The summed E-state index contributed by atoms with van der Waals surface area (Å²) in [7, 11) is 1.68. The first-order chi connectivity index (χ1) is 6.59. The van der Waals surface area contributed by atoms with E-state index in [0.717, 1.165) is 17.8 Å². The Kier molecular flexibility index (Phi) is 3.62. The fourth-order valence-electron chi connectivity index (χ4n) is 1.44. The van der Waals surface area contributed by atoms with Crippen LogP contribution in [0.2, 0.25) is 0 Å². The van der Waals surface area contributed by atoms with Gasteiger partial charge in [-0.15, -0.1) is 0 Å². The van der Waals surface area contributed by atoms with Crippen molar-refractivity contribution in [2.75, 3.05) is 13.7 Å². The zero-order valence-electron chi connectivity index (χ0n) is 8.83. The monoisotopic (exact) mass is 209 g/mol. The summed E-state index contributed by atoms with van der Waals surface area (Å²) in [6.45, 7) is 4.93. The molecule has 0 heterocycles. The molecule has 0 spiro atoms. The molecule has 0 N–H and O–H groups in total. The second-order valence-corrected chi connectivity index (χ2v) is 4.22. The average molecular weight is 209 g/mol. The van der Waals surface area contributed by atoms with Crippen LogP contribution in [0.25, 0.3) is 0 Å². The van der Waals surface area contributed by atoms with Gasteiger partial charge in [0.1, 0.15) is 5.76 Å². The summed E-state index contributed by atoms with van der Waals surface area (Å²) in [6, 6.07) is 0. The van der Waals surface area contributed by atoms with Crippen LogP contribution in [0.1, 0.15) is 20.3 Å². The summed E-state index contributed by atoms with van der Waals surface area (Å²) >= 11 is 4.54. The Labute approximate surface area is 90.4 Å². The fraction of sp³-hybridized carbons (Fsp3) is 0.545. The van der Waals surface area contributed by atoms with E-state index in [0.29, 0.717) is 6.54 Å². The highest BCUT2D eigenvalue weighted by Gasteiger charge is 2.21. The molecule has 76 valence electrons. The highest BCUT2D eigenvalue weighted by atomic mass is 32.1. The van der Waals surface area contributed by atoms with E-state index in [9.17, 15) is 0 Å². The number of aliphatic imine (C=N–C) groups is 1. The normalized spacial score (nSPS) is 19.1. The molecule has 0 fully saturated rings. The molecule has 0 unspecified atom stereocenters. The number of hydrogen-bond donors (Lipinski definition) is 0.